The van der Waals surface area contributed by atoms with Gasteiger partial charge in [-0.05, 0) is 24.1 Å². The van der Waals surface area contributed by atoms with Crippen LogP contribution in [0.5, 0.6) is 0 Å². The second-order valence-corrected chi connectivity index (χ2v) is 5.76. The number of rotatable bonds is 2. The highest BCUT2D eigenvalue weighted by atomic mass is 15.2. The topological polar surface area (TPSA) is 67.9 Å². The fraction of sp³-hybridized carbons (Fsp3) is 0.438. The van der Waals surface area contributed by atoms with Crippen LogP contribution in [0.25, 0.3) is 0 Å². The van der Waals surface area contributed by atoms with Gasteiger partial charge in [-0.15, -0.1) is 0 Å². The van der Waals surface area contributed by atoms with Gasteiger partial charge in [0.05, 0.1) is 5.69 Å². The molecule has 0 amide bonds. The molecule has 0 unspecified atom stereocenters. The van der Waals surface area contributed by atoms with Crippen LogP contribution in [0.1, 0.15) is 36.8 Å². The number of nitrogens with zero attached hydrogens (tertiary/aromatic N) is 4. The van der Waals surface area contributed by atoms with E-state index in [1.54, 1.807) is 6.20 Å². The third-order valence-electron chi connectivity index (χ3n) is 3.88. The molecule has 110 valence electrons. The average molecular weight is 283 g/mol. The largest absolute Gasteiger partial charge is 0.396 e. The Kier molecular flexibility index (Phi) is 3.73. The van der Waals surface area contributed by atoms with E-state index in [1.807, 2.05) is 18.3 Å². The van der Waals surface area contributed by atoms with E-state index in [2.05, 4.69) is 28.7 Å². The summed E-state index contributed by atoms with van der Waals surface area (Å²) in [5.74, 6) is 2.17. The van der Waals surface area contributed by atoms with Crippen LogP contribution < -0.4 is 10.6 Å². The van der Waals surface area contributed by atoms with E-state index in [1.165, 1.54) is 11.3 Å². The van der Waals surface area contributed by atoms with Gasteiger partial charge in [-0.3, -0.25) is 0 Å². The van der Waals surface area contributed by atoms with Crippen LogP contribution in [0.4, 0.5) is 11.5 Å². The smallest absolute Gasteiger partial charge is 0.151 e. The Balaban J connectivity index is 1.84. The van der Waals surface area contributed by atoms with Crippen molar-refractivity contribution in [1.82, 2.24) is 15.0 Å². The Morgan fingerprint density at radius 1 is 1.19 bits per heavy atom. The van der Waals surface area contributed by atoms with Gasteiger partial charge in [-0.2, -0.15) is 0 Å². The summed E-state index contributed by atoms with van der Waals surface area (Å²) < 4.78 is 0. The molecule has 2 aromatic heterocycles. The highest BCUT2D eigenvalue weighted by molar-refractivity contribution is 5.62. The van der Waals surface area contributed by atoms with Crippen molar-refractivity contribution < 1.29 is 0 Å². The van der Waals surface area contributed by atoms with Gasteiger partial charge in [0.15, 0.2) is 5.82 Å². The third kappa shape index (κ3) is 2.82. The second kappa shape index (κ2) is 5.68. The van der Waals surface area contributed by atoms with Crippen molar-refractivity contribution in [2.24, 2.45) is 0 Å². The highest BCUT2D eigenvalue weighted by Gasteiger charge is 2.18. The molecule has 0 spiro atoms. The summed E-state index contributed by atoms with van der Waals surface area (Å²) in [6.45, 7) is 6.04. The Labute approximate surface area is 125 Å². The van der Waals surface area contributed by atoms with Crippen LogP contribution in [0.2, 0.25) is 0 Å². The average Bonchev–Trinajstić information content (AvgIpc) is 2.69. The van der Waals surface area contributed by atoms with E-state index in [0.717, 1.165) is 43.3 Å². The number of nitrogens with two attached hydrogens (primary N) is 1. The van der Waals surface area contributed by atoms with Gasteiger partial charge in [0.25, 0.3) is 0 Å². The molecule has 2 aromatic rings. The van der Waals surface area contributed by atoms with Gasteiger partial charge in [-0.1, -0.05) is 13.8 Å². The number of hydrogen-bond acceptors (Lipinski definition) is 5. The molecule has 3 rings (SSSR count). The summed E-state index contributed by atoms with van der Waals surface area (Å²) in [7, 11) is 0. The number of anilines is 2. The van der Waals surface area contributed by atoms with Gasteiger partial charge >= 0.3 is 0 Å². The van der Waals surface area contributed by atoms with Crippen LogP contribution in [-0.2, 0) is 12.8 Å². The van der Waals surface area contributed by atoms with Crippen LogP contribution >= 0.6 is 0 Å². The number of pyridine rings is 1. The zero-order chi connectivity index (χ0) is 14.8. The fourth-order valence-corrected chi connectivity index (χ4v) is 2.65. The zero-order valence-electron chi connectivity index (χ0n) is 12.6. The minimum atomic E-state index is 0.362. The Bertz CT molecular complexity index is 638. The molecule has 0 atom stereocenters. The van der Waals surface area contributed by atoms with E-state index in [4.69, 9.17) is 10.7 Å². The molecular formula is C16H21N5. The number of hydrogen-bond donors (Lipinski definition) is 1. The van der Waals surface area contributed by atoms with Crippen molar-refractivity contribution in [3.05, 3.63) is 41.6 Å². The molecule has 0 saturated heterocycles. The lowest BCUT2D eigenvalue weighted by atomic mass is 10.1. The maximum Gasteiger partial charge on any atom is 0.151 e. The van der Waals surface area contributed by atoms with Gasteiger partial charge in [0.2, 0.25) is 0 Å². The van der Waals surface area contributed by atoms with Crippen LogP contribution in [0, 0.1) is 0 Å². The number of aromatic nitrogens is 3. The van der Waals surface area contributed by atoms with Gasteiger partial charge < -0.3 is 10.6 Å². The molecule has 3 heterocycles. The monoisotopic (exact) mass is 283 g/mol. The lowest BCUT2D eigenvalue weighted by molar-refractivity contribution is 0.748. The third-order valence-corrected chi connectivity index (χ3v) is 3.88. The van der Waals surface area contributed by atoms with E-state index < -0.39 is 0 Å². The first-order valence-corrected chi connectivity index (χ1v) is 7.45. The Morgan fingerprint density at radius 3 is 2.76 bits per heavy atom. The maximum atomic E-state index is 6.04. The van der Waals surface area contributed by atoms with E-state index in [9.17, 15) is 0 Å². The molecule has 0 fully saturated rings. The molecule has 0 aliphatic carbocycles. The summed E-state index contributed by atoms with van der Waals surface area (Å²) in [6.07, 6.45) is 5.63. The van der Waals surface area contributed by atoms with E-state index in [-0.39, 0.29) is 0 Å². The highest BCUT2D eigenvalue weighted by Crippen LogP contribution is 2.23. The Morgan fingerprint density at radius 2 is 2.00 bits per heavy atom. The SMILES string of the molecule is CC(C)c1ncc2c(n1)CCN(c1ncccc1N)CC2. The molecule has 21 heavy (non-hydrogen) atoms. The van der Waals surface area contributed by atoms with Crippen LogP contribution in [-0.4, -0.2) is 28.0 Å². The van der Waals surface area contributed by atoms with Crippen molar-refractivity contribution in [2.75, 3.05) is 23.7 Å². The predicted octanol–water partition coefficient (Wildman–Crippen LogP) is 2.18. The lowest BCUT2D eigenvalue weighted by Crippen LogP contribution is -2.27. The number of nitrogen functional groups attached to an aromatic ring is 1. The molecule has 2 N–H and O–H groups in total. The van der Waals surface area contributed by atoms with Crippen molar-refractivity contribution in [1.29, 1.82) is 0 Å². The molecular weight excluding hydrogens is 262 g/mol. The summed E-state index contributed by atoms with van der Waals surface area (Å²) in [4.78, 5) is 15.9. The quantitative estimate of drug-likeness (QED) is 0.915. The first kappa shape index (κ1) is 13.8. The standard InChI is InChI=1S/C16H21N5/c1-11(2)15-19-10-12-5-8-21(9-6-14(12)20-15)16-13(17)4-3-7-18-16/h3-4,7,10-11H,5-6,8-9,17H2,1-2H3. The normalized spacial score (nSPS) is 14.9. The predicted molar refractivity (Wildman–Crippen MR) is 84.4 cm³/mol. The lowest BCUT2D eigenvalue weighted by Gasteiger charge is -2.22. The van der Waals surface area contributed by atoms with Crippen molar-refractivity contribution in [3.63, 3.8) is 0 Å². The van der Waals surface area contributed by atoms with Gasteiger partial charge in [-0.25, -0.2) is 15.0 Å². The van der Waals surface area contributed by atoms with E-state index in [0.29, 0.717) is 5.92 Å². The van der Waals surface area contributed by atoms with Gasteiger partial charge in [0, 0.05) is 43.5 Å². The summed E-state index contributed by atoms with van der Waals surface area (Å²) >= 11 is 0. The molecule has 0 saturated carbocycles. The fourth-order valence-electron chi connectivity index (χ4n) is 2.65. The van der Waals surface area contributed by atoms with Gasteiger partial charge in [0.1, 0.15) is 5.82 Å². The summed E-state index contributed by atoms with van der Waals surface area (Å²) in [5.41, 5.74) is 9.19. The first-order chi connectivity index (χ1) is 10.1. The van der Waals surface area contributed by atoms with Crippen LogP contribution in [0.15, 0.2) is 24.5 Å². The van der Waals surface area contributed by atoms with E-state index >= 15 is 0 Å². The molecule has 5 nitrogen and oxygen atoms in total. The minimum absolute atomic E-state index is 0.362. The minimum Gasteiger partial charge on any atom is -0.396 e. The molecule has 5 heteroatoms. The molecule has 1 aliphatic rings. The molecule has 0 bridgehead atoms. The van der Waals surface area contributed by atoms with Crippen molar-refractivity contribution in [2.45, 2.75) is 32.6 Å². The van der Waals surface area contributed by atoms with Crippen molar-refractivity contribution in [3.8, 4) is 0 Å². The zero-order valence-corrected chi connectivity index (χ0v) is 12.6. The van der Waals surface area contributed by atoms with Crippen molar-refractivity contribution >= 4 is 11.5 Å². The number of fused-ring (bicyclic) bond motifs is 1. The molecule has 1 aliphatic heterocycles. The molecule has 0 aromatic carbocycles. The summed E-state index contributed by atoms with van der Waals surface area (Å²) in [5, 5.41) is 0. The first-order valence-electron chi connectivity index (χ1n) is 7.45. The summed E-state index contributed by atoms with van der Waals surface area (Å²) in [6, 6.07) is 3.77. The second-order valence-electron chi connectivity index (χ2n) is 5.76. The van der Waals surface area contributed by atoms with Crippen LogP contribution in [0.3, 0.4) is 0 Å². The Hall–Kier alpha value is -2.17. The molecule has 0 radical (unpaired) electrons. The maximum absolute atomic E-state index is 6.04.